The predicted octanol–water partition coefficient (Wildman–Crippen LogP) is 3.70. The Morgan fingerprint density at radius 1 is 1.21 bits per heavy atom. The van der Waals surface area contributed by atoms with E-state index in [1.165, 1.54) is 0 Å². The molecule has 1 N–H and O–H groups in total. The Balaban J connectivity index is 1.81. The maximum atomic E-state index is 6.09. The van der Waals surface area contributed by atoms with E-state index in [-0.39, 0.29) is 11.4 Å². The van der Waals surface area contributed by atoms with Gasteiger partial charge in [0.15, 0.2) is 5.65 Å². The third kappa shape index (κ3) is 3.83. The predicted molar refractivity (Wildman–Crippen MR) is 95.9 cm³/mol. The highest BCUT2D eigenvalue weighted by atomic mass is 35.5. The van der Waals surface area contributed by atoms with Gasteiger partial charge in [0.25, 0.3) is 0 Å². The number of halogens is 1. The second kappa shape index (κ2) is 7.59. The summed E-state index contributed by atoms with van der Waals surface area (Å²) < 4.78 is 7.30. The van der Waals surface area contributed by atoms with E-state index >= 15 is 0 Å². The van der Waals surface area contributed by atoms with E-state index in [1.807, 2.05) is 44.2 Å². The van der Waals surface area contributed by atoms with Gasteiger partial charge in [-0.1, -0.05) is 18.2 Å². The lowest BCUT2D eigenvalue weighted by Gasteiger charge is -2.09. The molecule has 0 amide bonds. The standard InChI is InChI=1S/C17H20ClN5O/c1-12(2)24-10-6-9-19-15-14-11-20-23(13-7-4-3-5-8-13)16(14)22-17(18)21-15/h3-5,7-8,11-12H,6,9-10H2,1-2H3,(H,19,21,22). The van der Waals surface area contributed by atoms with Crippen LogP contribution in [0.1, 0.15) is 20.3 Å². The van der Waals surface area contributed by atoms with Crippen molar-refractivity contribution in [2.24, 2.45) is 0 Å². The second-order valence-corrected chi connectivity index (χ2v) is 6.01. The number of hydrogen-bond acceptors (Lipinski definition) is 5. The molecule has 3 aromatic rings. The van der Waals surface area contributed by atoms with Crippen molar-refractivity contribution in [2.75, 3.05) is 18.5 Å². The van der Waals surface area contributed by atoms with Crippen LogP contribution >= 0.6 is 11.6 Å². The quantitative estimate of drug-likeness (QED) is 0.522. The highest BCUT2D eigenvalue weighted by Crippen LogP contribution is 2.24. The van der Waals surface area contributed by atoms with Gasteiger partial charge in [-0.05, 0) is 44.0 Å². The molecule has 0 unspecified atom stereocenters. The molecule has 6 nitrogen and oxygen atoms in total. The first kappa shape index (κ1) is 16.7. The minimum Gasteiger partial charge on any atom is -0.379 e. The molecule has 0 bridgehead atoms. The van der Waals surface area contributed by atoms with Gasteiger partial charge in [0.1, 0.15) is 5.82 Å². The summed E-state index contributed by atoms with van der Waals surface area (Å²) in [4.78, 5) is 8.62. The summed E-state index contributed by atoms with van der Waals surface area (Å²) in [6.45, 7) is 5.50. The largest absolute Gasteiger partial charge is 0.379 e. The molecule has 3 rings (SSSR count). The number of anilines is 1. The van der Waals surface area contributed by atoms with Crippen molar-refractivity contribution < 1.29 is 4.74 Å². The molecular formula is C17H20ClN5O. The van der Waals surface area contributed by atoms with E-state index < -0.39 is 0 Å². The first-order valence-corrected chi connectivity index (χ1v) is 8.35. The molecule has 0 spiro atoms. The Morgan fingerprint density at radius 2 is 2.00 bits per heavy atom. The van der Waals surface area contributed by atoms with E-state index in [0.29, 0.717) is 18.1 Å². The number of nitrogens with zero attached hydrogens (tertiary/aromatic N) is 4. The number of para-hydroxylation sites is 1. The van der Waals surface area contributed by atoms with Crippen molar-refractivity contribution in [3.8, 4) is 5.69 Å². The zero-order chi connectivity index (χ0) is 16.9. The fraction of sp³-hybridized carbons (Fsp3) is 0.353. The molecule has 0 aliphatic carbocycles. The Bertz CT molecular complexity index is 803. The number of nitrogens with one attached hydrogen (secondary N) is 1. The molecule has 0 saturated carbocycles. The number of benzene rings is 1. The SMILES string of the molecule is CC(C)OCCCNc1nc(Cl)nc2c1cnn2-c1ccccc1. The van der Waals surface area contributed by atoms with Crippen molar-refractivity contribution in [1.29, 1.82) is 0 Å². The fourth-order valence-corrected chi connectivity index (χ4v) is 2.54. The Morgan fingerprint density at radius 3 is 2.75 bits per heavy atom. The van der Waals surface area contributed by atoms with Crippen LogP contribution in [0.5, 0.6) is 0 Å². The topological polar surface area (TPSA) is 64.9 Å². The number of ether oxygens (including phenoxy) is 1. The Kier molecular flexibility index (Phi) is 5.27. The molecule has 24 heavy (non-hydrogen) atoms. The second-order valence-electron chi connectivity index (χ2n) is 5.67. The van der Waals surface area contributed by atoms with Crippen molar-refractivity contribution in [1.82, 2.24) is 19.7 Å². The van der Waals surface area contributed by atoms with Crippen molar-refractivity contribution in [3.63, 3.8) is 0 Å². The van der Waals surface area contributed by atoms with Gasteiger partial charge in [0.2, 0.25) is 5.28 Å². The average molecular weight is 346 g/mol. The lowest BCUT2D eigenvalue weighted by Crippen LogP contribution is -2.10. The smallest absolute Gasteiger partial charge is 0.226 e. The summed E-state index contributed by atoms with van der Waals surface area (Å²) in [5.41, 5.74) is 1.61. The van der Waals surface area contributed by atoms with Gasteiger partial charge in [0.05, 0.1) is 23.4 Å². The molecule has 1 aromatic carbocycles. The Hall–Kier alpha value is -2.18. The van der Waals surface area contributed by atoms with Crippen LogP contribution in [0.4, 0.5) is 5.82 Å². The summed E-state index contributed by atoms with van der Waals surface area (Å²) >= 11 is 6.09. The summed E-state index contributed by atoms with van der Waals surface area (Å²) in [6, 6.07) is 9.82. The van der Waals surface area contributed by atoms with Gasteiger partial charge in [-0.25, -0.2) is 4.68 Å². The van der Waals surface area contributed by atoms with E-state index in [4.69, 9.17) is 16.3 Å². The molecule has 0 saturated heterocycles. The van der Waals surface area contributed by atoms with Gasteiger partial charge in [0, 0.05) is 13.2 Å². The van der Waals surface area contributed by atoms with E-state index in [1.54, 1.807) is 10.9 Å². The van der Waals surface area contributed by atoms with Gasteiger partial charge in [-0.3, -0.25) is 0 Å². The van der Waals surface area contributed by atoms with Crippen molar-refractivity contribution >= 4 is 28.5 Å². The number of hydrogen-bond donors (Lipinski definition) is 1. The fourth-order valence-electron chi connectivity index (χ4n) is 2.37. The minimum atomic E-state index is 0.195. The molecule has 0 aliphatic rings. The van der Waals surface area contributed by atoms with Crippen LogP contribution in [0.15, 0.2) is 36.5 Å². The van der Waals surface area contributed by atoms with Crippen LogP contribution in [-0.4, -0.2) is 39.0 Å². The van der Waals surface area contributed by atoms with Crippen LogP contribution in [0, 0.1) is 0 Å². The molecule has 2 aromatic heterocycles. The maximum absolute atomic E-state index is 6.09. The number of aromatic nitrogens is 4. The van der Waals surface area contributed by atoms with Crippen molar-refractivity contribution in [3.05, 3.63) is 41.8 Å². The van der Waals surface area contributed by atoms with E-state index in [9.17, 15) is 0 Å². The van der Waals surface area contributed by atoms with Gasteiger partial charge in [-0.15, -0.1) is 0 Å². The van der Waals surface area contributed by atoms with Crippen LogP contribution in [-0.2, 0) is 4.74 Å². The summed E-state index contributed by atoms with van der Waals surface area (Å²) in [5.74, 6) is 0.691. The lowest BCUT2D eigenvalue weighted by atomic mass is 10.3. The zero-order valence-corrected chi connectivity index (χ0v) is 14.5. The maximum Gasteiger partial charge on any atom is 0.226 e. The Labute approximate surface area is 145 Å². The molecule has 7 heteroatoms. The summed E-state index contributed by atoms with van der Waals surface area (Å²) in [7, 11) is 0. The molecule has 0 aliphatic heterocycles. The molecule has 0 radical (unpaired) electrons. The van der Waals surface area contributed by atoms with E-state index in [2.05, 4.69) is 20.4 Å². The van der Waals surface area contributed by atoms with Gasteiger partial charge >= 0.3 is 0 Å². The third-order valence-electron chi connectivity index (χ3n) is 3.47. The summed E-state index contributed by atoms with van der Waals surface area (Å²) in [5, 5.41) is 8.76. The first-order valence-electron chi connectivity index (χ1n) is 7.97. The zero-order valence-electron chi connectivity index (χ0n) is 13.7. The average Bonchev–Trinajstić information content (AvgIpc) is 2.98. The van der Waals surface area contributed by atoms with Crippen LogP contribution in [0.2, 0.25) is 5.28 Å². The molecule has 0 atom stereocenters. The van der Waals surface area contributed by atoms with E-state index in [0.717, 1.165) is 24.0 Å². The molecule has 0 fully saturated rings. The normalized spacial score (nSPS) is 11.3. The first-order chi connectivity index (χ1) is 11.6. The van der Waals surface area contributed by atoms with Gasteiger partial charge < -0.3 is 10.1 Å². The molecule has 2 heterocycles. The minimum absolute atomic E-state index is 0.195. The summed E-state index contributed by atoms with van der Waals surface area (Å²) in [6.07, 6.45) is 2.88. The van der Waals surface area contributed by atoms with Crippen LogP contribution in [0.25, 0.3) is 16.7 Å². The molecular weight excluding hydrogens is 326 g/mol. The van der Waals surface area contributed by atoms with Crippen molar-refractivity contribution in [2.45, 2.75) is 26.4 Å². The molecule has 126 valence electrons. The number of rotatable bonds is 7. The van der Waals surface area contributed by atoms with Crippen LogP contribution < -0.4 is 5.32 Å². The highest BCUT2D eigenvalue weighted by molar-refractivity contribution is 6.28. The highest BCUT2D eigenvalue weighted by Gasteiger charge is 2.13. The number of fused-ring (bicyclic) bond motifs is 1. The van der Waals surface area contributed by atoms with Gasteiger partial charge in [-0.2, -0.15) is 15.1 Å². The third-order valence-corrected chi connectivity index (χ3v) is 3.64. The monoisotopic (exact) mass is 345 g/mol. The lowest BCUT2D eigenvalue weighted by molar-refractivity contribution is 0.0787. The van der Waals surface area contributed by atoms with Crippen LogP contribution in [0.3, 0.4) is 0 Å².